The second kappa shape index (κ2) is 5.65. The van der Waals surface area contributed by atoms with Gasteiger partial charge in [0, 0.05) is 19.8 Å². The maximum atomic E-state index is 10.1. The Bertz CT molecular complexity index is 465. The number of hydrogen-bond acceptors (Lipinski definition) is 3. The summed E-state index contributed by atoms with van der Waals surface area (Å²) >= 11 is 11.4. The molecule has 7 nitrogen and oxygen atoms in total. The minimum absolute atomic E-state index is 0.199. The second-order valence-corrected chi connectivity index (χ2v) is 3.93. The highest BCUT2D eigenvalue weighted by molar-refractivity contribution is 6.41. The first-order valence-electron chi connectivity index (χ1n) is 4.39. The molecule has 1 aromatic rings. The van der Waals surface area contributed by atoms with Crippen LogP contribution >= 0.6 is 23.2 Å². The minimum Gasteiger partial charge on any atom is -0.365 e. The minimum atomic E-state index is -0.862. The summed E-state index contributed by atoms with van der Waals surface area (Å²) in [5, 5.41) is 12.7. The topological polar surface area (TPSA) is 97.7 Å². The zero-order chi connectivity index (χ0) is 13.0. The Morgan fingerprint density at radius 1 is 1.71 bits per heavy atom. The van der Waals surface area contributed by atoms with Crippen LogP contribution in [-0.2, 0) is 6.54 Å². The van der Waals surface area contributed by atoms with Crippen LogP contribution in [0.3, 0.4) is 0 Å². The summed E-state index contributed by atoms with van der Waals surface area (Å²) in [5.41, 5.74) is 6.10. The molecule has 0 aromatic carbocycles. The van der Waals surface area contributed by atoms with E-state index in [1.807, 2.05) is 0 Å². The summed E-state index contributed by atoms with van der Waals surface area (Å²) in [7, 11) is 1.56. The first-order valence-corrected chi connectivity index (χ1v) is 5.15. The van der Waals surface area contributed by atoms with Crippen LogP contribution in [0.4, 0.5) is 0 Å². The fourth-order valence-electron chi connectivity index (χ4n) is 1.06. The number of halogens is 2. The van der Waals surface area contributed by atoms with Gasteiger partial charge in [-0.05, 0) is 11.6 Å². The molecule has 0 aliphatic heterocycles. The van der Waals surface area contributed by atoms with Gasteiger partial charge in [0.2, 0.25) is 0 Å². The zero-order valence-electron chi connectivity index (χ0n) is 8.80. The van der Waals surface area contributed by atoms with Gasteiger partial charge in [0.1, 0.15) is 10.3 Å². The molecular formula is C8H9Cl2N5O2. The van der Waals surface area contributed by atoms with Gasteiger partial charge in [-0.15, -0.1) is 0 Å². The van der Waals surface area contributed by atoms with Gasteiger partial charge in [-0.2, -0.15) is 0 Å². The second-order valence-electron chi connectivity index (χ2n) is 3.17. The lowest BCUT2D eigenvalue weighted by Crippen LogP contribution is -2.34. The molecule has 2 N–H and O–H groups in total. The fraction of sp³-hybridized carbons (Fsp3) is 0.250. The van der Waals surface area contributed by atoms with Crippen molar-refractivity contribution in [3.63, 3.8) is 0 Å². The summed E-state index contributed by atoms with van der Waals surface area (Å²) in [4.78, 5) is 15.4. The zero-order valence-corrected chi connectivity index (χ0v) is 10.3. The van der Waals surface area contributed by atoms with Gasteiger partial charge in [-0.1, -0.05) is 23.2 Å². The predicted octanol–water partition coefficient (Wildman–Crippen LogP) is 1.33. The van der Waals surface area contributed by atoms with Crippen molar-refractivity contribution in [2.45, 2.75) is 6.54 Å². The molecule has 0 saturated heterocycles. The fourth-order valence-corrected chi connectivity index (χ4v) is 1.35. The van der Waals surface area contributed by atoms with Gasteiger partial charge in [0.15, 0.2) is 5.03 Å². The molecular weight excluding hydrogens is 269 g/mol. The highest BCUT2D eigenvalue weighted by Crippen LogP contribution is 2.20. The number of aromatic nitrogens is 1. The van der Waals surface area contributed by atoms with Crippen LogP contribution in [0.1, 0.15) is 5.56 Å². The molecule has 0 unspecified atom stereocenters. The van der Waals surface area contributed by atoms with Crippen molar-refractivity contribution >= 4 is 29.2 Å². The van der Waals surface area contributed by atoms with E-state index in [9.17, 15) is 10.1 Å². The van der Waals surface area contributed by atoms with Crippen LogP contribution in [0.15, 0.2) is 17.4 Å². The quantitative estimate of drug-likeness (QED) is 0.295. The third kappa shape index (κ3) is 4.04. The summed E-state index contributed by atoms with van der Waals surface area (Å²) in [6, 6.07) is 1.60. The molecule has 1 rings (SSSR count). The number of rotatable bonds is 3. The maximum Gasteiger partial charge on any atom is 0.268 e. The third-order valence-electron chi connectivity index (χ3n) is 1.85. The van der Waals surface area contributed by atoms with Gasteiger partial charge in [-0.25, -0.2) is 15.1 Å². The van der Waals surface area contributed by atoms with Gasteiger partial charge in [-0.3, -0.25) is 0 Å². The Morgan fingerprint density at radius 2 is 2.35 bits per heavy atom. The van der Waals surface area contributed by atoms with E-state index in [1.54, 1.807) is 13.1 Å². The smallest absolute Gasteiger partial charge is 0.268 e. The van der Waals surface area contributed by atoms with Crippen LogP contribution in [0, 0.1) is 10.1 Å². The van der Waals surface area contributed by atoms with Crippen molar-refractivity contribution in [1.82, 2.24) is 9.88 Å². The van der Waals surface area contributed by atoms with E-state index in [1.165, 1.54) is 11.1 Å². The number of nitrogens with two attached hydrogens (primary N) is 1. The van der Waals surface area contributed by atoms with Gasteiger partial charge < -0.3 is 10.6 Å². The standard InChI is InChI=1S/C8H9Cl2N5O2/c1-14(8(11)13-15(16)17)4-5-2-6(9)7(10)12-3-5/h2-3H,4H2,1H3,(H2,11,13). The molecule has 0 aliphatic carbocycles. The average Bonchev–Trinajstić information content (AvgIpc) is 2.22. The molecule has 92 valence electrons. The van der Waals surface area contributed by atoms with E-state index in [-0.39, 0.29) is 17.7 Å². The van der Waals surface area contributed by atoms with Gasteiger partial charge >= 0.3 is 0 Å². The maximum absolute atomic E-state index is 10.1. The highest BCUT2D eigenvalue weighted by Gasteiger charge is 2.09. The monoisotopic (exact) mass is 277 g/mol. The van der Waals surface area contributed by atoms with E-state index < -0.39 is 5.03 Å². The largest absolute Gasteiger partial charge is 0.365 e. The first kappa shape index (κ1) is 13.5. The molecule has 0 spiro atoms. The van der Waals surface area contributed by atoms with Crippen molar-refractivity contribution in [3.8, 4) is 0 Å². The molecule has 17 heavy (non-hydrogen) atoms. The summed E-state index contributed by atoms with van der Waals surface area (Å²) in [5.74, 6) is -0.207. The van der Waals surface area contributed by atoms with Crippen molar-refractivity contribution < 1.29 is 5.03 Å². The van der Waals surface area contributed by atoms with E-state index in [0.717, 1.165) is 0 Å². The van der Waals surface area contributed by atoms with Crippen LogP contribution in [0.2, 0.25) is 10.2 Å². The summed E-state index contributed by atoms with van der Waals surface area (Å²) < 4.78 is 0. The van der Waals surface area contributed by atoms with Gasteiger partial charge in [0.25, 0.3) is 5.96 Å². The number of guanidine groups is 1. The van der Waals surface area contributed by atoms with E-state index in [0.29, 0.717) is 10.6 Å². The summed E-state index contributed by atoms with van der Waals surface area (Å²) in [6.45, 7) is 0.285. The number of nitro groups is 1. The highest BCUT2D eigenvalue weighted by atomic mass is 35.5. The van der Waals surface area contributed by atoms with E-state index in [4.69, 9.17) is 28.9 Å². The first-order chi connectivity index (χ1) is 7.90. The normalized spacial score (nSPS) is 11.4. The molecule has 0 radical (unpaired) electrons. The van der Waals surface area contributed by atoms with Gasteiger partial charge in [0.05, 0.1) is 5.02 Å². The Morgan fingerprint density at radius 3 is 2.88 bits per heavy atom. The van der Waals surface area contributed by atoms with Crippen molar-refractivity contribution in [3.05, 3.63) is 38.1 Å². The lowest BCUT2D eigenvalue weighted by atomic mass is 10.3. The Labute approximate surface area is 107 Å². The average molecular weight is 278 g/mol. The Hall–Kier alpha value is -1.60. The Kier molecular flexibility index (Phi) is 4.47. The van der Waals surface area contributed by atoms with E-state index in [2.05, 4.69) is 10.1 Å². The molecule has 1 heterocycles. The molecule has 0 atom stereocenters. The molecule has 1 aromatic heterocycles. The van der Waals surface area contributed by atoms with Crippen LogP contribution in [-0.4, -0.2) is 27.9 Å². The molecule has 9 heteroatoms. The SMILES string of the molecule is CN(Cc1cnc(Cl)c(Cl)c1)C(N)=N[N+](=O)[O-]. The number of hydrazone groups is 1. The third-order valence-corrected chi connectivity index (χ3v) is 2.53. The molecule has 0 fully saturated rings. The lowest BCUT2D eigenvalue weighted by Gasteiger charge is -2.15. The number of hydrogen-bond donors (Lipinski definition) is 1. The van der Waals surface area contributed by atoms with Crippen molar-refractivity contribution in [2.75, 3.05) is 7.05 Å². The predicted molar refractivity (Wildman–Crippen MR) is 64.3 cm³/mol. The van der Waals surface area contributed by atoms with Crippen LogP contribution in [0.25, 0.3) is 0 Å². The van der Waals surface area contributed by atoms with Crippen molar-refractivity contribution in [2.24, 2.45) is 10.8 Å². The van der Waals surface area contributed by atoms with E-state index >= 15 is 0 Å². The Balaban J connectivity index is 2.77. The lowest BCUT2D eigenvalue weighted by molar-refractivity contribution is -0.485. The molecule has 0 saturated carbocycles. The molecule has 0 bridgehead atoms. The summed E-state index contributed by atoms with van der Waals surface area (Å²) in [6.07, 6.45) is 1.50. The molecule has 0 amide bonds. The number of pyridine rings is 1. The van der Waals surface area contributed by atoms with Crippen LogP contribution in [0.5, 0.6) is 0 Å². The number of nitrogens with zero attached hydrogens (tertiary/aromatic N) is 4. The van der Waals surface area contributed by atoms with Crippen LogP contribution < -0.4 is 5.73 Å². The van der Waals surface area contributed by atoms with Crippen molar-refractivity contribution in [1.29, 1.82) is 0 Å². The molecule has 0 aliphatic rings.